The third kappa shape index (κ3) is 2.62. The number of allylic oxidation sites excluding steroid dienone is 1. The van der Waals surface area contributed by atoms with Crippen LogP contribution in [-0.2, 0) is 0 Å². The Hall–Kier alpha value is -1.77. The second-order valence-corrected chi connectivity index (χ2v) is 2.84. The monoisotopic (exact) mass is 189 g/mol. The van der Waals surface area contributed by atoms with E-state index >= 15 is 0 Å². The molecular formula is C11H15N3. The van der Waals surface area contributed by atoms with Gasteiger partial charge in [0.2, 0.25) is 0 Å². The number of aromatic nitrogens is 1. The number of hydrogen-bond donors (Lipinski definition) is 1. The van der Waals surface area contributed by atoms with Gasteiger partial charge in [-0.25, -0.2) is 4.99 Å². The first-order valence-electron chi connectivity index (χ1n) is 4.56. The summed E-state index contributed by atoms with van der Waals surface area (Å²) in [5.41, 5.74) is 6.42. The summed E-state index contributed by atoms with van der Waals surface area (Å²) in [4.78, 5) is 4.06. The fourth-order valence-electron chi connectivity index (χ4n) is 0.960. The van der Waals surface area contributed by atoms with Crippen LogP contribution in [0.2, 0.25) is 0 Å². The van der Waals surface area contributed by atoms with Crippen LogP contribution in [-0.4, -0.2) is 10.4 Å². The zero-order valence-electron chi connectivity index (χ0n) is 8.35. The highest BCUT2D eigenvalue weighted by atomic mass is 15.0. The third-order valence-electron chi connectivity index (χ3n) is 1.77. The van der Waals surface area contributed by atoms with Gasteiger partial charge in [-0.3, -0.25) is 0 Å². The molecule has 0 amide bonds. The van der Waals surface area contributed by atoms with Crippen LogP contribution in [0.15, 0.2) is 48.4 Å². The predicted molar refractivity (Wildman–Crippen MR) is 60.8 cm³/mol. The first-order valence-corrected chi connectivity index (χ1v) is 4.56. The van der Waals surface area contributed by atoms with Crippen molar-refractivity contribution < 1.29 is 0 Å². The Bertz CT molecular complexity index is 345. The minimum atomic E-state index is 0.436. The highest BCUT2D eigenvalue weighted by Gasteiger charge is 1.98. The Morgan fingerprint density at radius 1 is 1.50 bits per heavy atom. The summed E-state index contributed by atoms with van der Waals surface area (Å²) >= 11 is 0. The lowest BCUT2D eigenvalue weighted by atomic mass is 10.4. The van der Waals surface area contributed by atoms with Crippen molar-refractivity contribution in [3.05, 3.63) is 43.4 Å². The Labute approximate surface area is 84.3 Å². The lowest BCUT2D eigenvalue weighted by Gasteiger charge is -2.04. The summed E-state index contributed by atoms with van der Waals surface area (Å²) in [5, 5.41) is 0. The van der Waals surface area contributed by atoms with Crippen LogP contribution in [0.1, 0.15) is 13.3 Å². The van der Waals surface area contributed by atoms with E-state index in [0.717, 1.165) is 6.42 Å². The molecule has 0 fully saturated rings. The largest absolute Gasteiger partial charge is 0.382 e. The van der Waals surface area contributed by atoms with Crippen LogP contribution in [0.5, 0.6) is 0 Å². The Kier molecular flexibility index (Phi) is 3.73. The van der Waals surface area contributed by atoms with Gasteiger partial charge in [0, 0.05) is 18.6 Å². The van der Waals surface area contributed by atoms with Crippen molar-refractivity contribution in [3.8, 4) is 0 Å². The van der Waals surface area contributed by atoms with Crippen molar-refractivity contribution in [2.45, 2.75) is 13.3 Å². The van der Waals surface area contributed by atoms with E-state index in [1.54, 1.807) is 6.20 Å². The van der Waals surface area contributed by atoms with E-state index in [9.17, 15) is 0 Å². The van der Waals surface area contributed by atoms with Gasteiger partial charge < -0.3 is 10.3 Å². The third-order valence-corrected chi connectivity index (χ3v) is 1.77. The molecule has 0 aliphatic heterocycles. The normalized spacial score (nSPS) is 12.2. The number of aliphatic imine (C=N–C) groups is 1. The average Bonchev–Trinajstić information content (AvgIpc) is 2.69. The molecule has 0 aliphatic carbocycles. The molecule has 1 heterocycles. The molecule has 74 valence electrons. The van der Waals surface area contributed by atoms with Crippen LogP contribution in [0, 0.1) is 0 Å². The van der Waals surface area contributed by atoms with Gasteiger partial charge in [-0.15, -0.1) is 0 Å². The maximum Gasteiger partial charge on any atom is 0.147 e. The summed E-state index contributed by atoms with van der Waals surface area (Å²) in [6.45, 7) is 5.89. The average molecular weight is 189 g/mol. The second-order valence-electron chi connectivity index (χ2n) is 2.84. The molecule has 3 nitrogen and oxygen atoms in total. The van der Waals surface area contributed by atoms with E-state index in [0.29, 0.717) is 11.5 Å². The van der Waals surface area contributed by atoms with Crippen LogP contribution in [0.4, 0.5) is 0 Å². The van der Waals surface area contributed by atoms with Gasteiger partial charge in [0.15, 0.2) is 0 Å². The fourth-order valence-corrected chi connectivity index (χ4v) is 0.960. The standard InChI is InChI=1S/C11H15N3/c1-3-4-7-13-11(12)10(2)14-8-5-6-9-14/h4-9H,2-3H2,1H3,(H2,12,13)/b7-4-. The van der Waals surface area contributed by atoms with Crippen LogP contribution in [0.25, 0.3) is 5.70 Å². The minimum Gasteiger partial charge on any atom is -0.382 e. The fraction of sp³-hybridized carbons (Fsp3) is 0.182. The van der Waals surface area contributed by atoms with Crippen molar-refractivity contribution in [3.63, 3.8) is 0 Å². The molecular weight excluding hydrogens is 174 g/mol. The molecule has 0 atom stereocenters. The number of nitrogens with zero attached hydrogens (tertiary/aromatic N) is 2. The summed E-state index contributed by atoms with van der Waals surface area (Å²) in [7, 11) is 0. The number of hydrogen-bond acceptors (Lipinski definition) is 1. The second kappa shape index (κ2) is 5.07. The highest BCUT2D eigenvalue weighted by Crippen LogP contribution is 2.02. The molecule has 0 aromatic carbocycles. The molecule has 0 spiro atoms. The van der Waals surface area contributed by atoms with Crippen molar-refractivity contribution in [1.29, 1.82) is 0 Å². The lowest BCUT2D eigenvalue weighted by Crippen LogP contribution is -2.16. The zero-order chi connectivity index (χ0) is 10.4. The summed E-state index contributed by atoms with van der Waals surface area (Å²) in [6.07, 6.45) is 8.36. The van der Waals surface area contributed by atoms with Gasteiger partial charge in [0.05, 0.1) is 5.70 Å². The Morgan fingerprint density at radius 2 is 2.14 bits per heavy atom. The van der Waals surface area contributed by atoms with Gasteiger partial charge in [-0.05, 0) is 18.6 Å². The Morgan fingerprint density at radius 3 is 2.71 bits per heavy atom. The molecule has 0 saturated carbocycles. The van der Waals surface area contributed by atoms with Crippen LogP contribution in [0.3, 0.4) is 0 Å². The summed E-state index contributed by atoms with van der Waals surface area (Å²) in [6, 6.07) is 3.83. The molecule has 1 rings (SSSR count). The van der Waals surface area contributed by atoms with Crippen molar-refractivity contribution in [2.24, 2.45) is 10.7 Å². The minimum absolute atomic E-state index is 0.436. The van der Waals surface area contributed by atoms with Gasteiger partial charge >= 0.3 is 0 Å². The SMILES string of the molecule is C=C(C(N)=N/C=C\CC)n1cccc1. The topological polar surface area (TPSA) is 43.3 Å². The van der Waals surface area contributed by atoms with Gasteiger partial charge in [0.1, 0.15) is 5.84 Å². The van der Waals surface area contributed by atoms with Crippen molar-refractivity contribution in [1.82, 2.24) is 4.57 Å². The van der Waals surface area contributed by atoms with E-state index in [-0.39, 0.29) is 0 Å². The maximum atomic E-state index is 5.73. The van der Waals surface area contributed by atoms with E-state index in [2.05, 4.69) is 11.6 Å². The first kappa shape index (κ1) is 10.3. The molecule has 2 N–H and O–H groups in total. The molecule has 3 heteroatoms. The maximum absolute atomic E-state index is 5.73. The molecule has 0 bridgehead atoms. The molecule has 14 heavy (non-hydrogen) atoms. The molecule has 0 radical (unpaired) electrons. The van der Waals surface area contributed by atoms with E-state index in [1.165, 1.54) is 0 Å². The van der Waals surface area contributed by atoms with Crippen molar-refractivity contribution >= 4 is 11.5 Å². The quantitative estimate of drug-likeness (QED) is 0.573. The summed E-state index contributed by atoms with van der Waals surface area (Å²) < 4.78 is 1.83. The van der Waals surface area contributed by atoms with E-state index in [1.807, 2.05) is 42.1 Å². The number of nitrogens with two attached hydrogens (primary N) is 1. The first-order chi connectivity index (χ1) is 6.75. The van der Waals surface area contributed by atoms with Crippen LogP contribution < -0.4 is 5.73 Å². The van der Waals surface area contributed by atoms with Gasteiger partial charge in [0.25, 0.3) is 0 Å². The smallest absolute Gasteiger partial charge is 0.147 e. The zero-order valence-corrected chi connectivity index (χ0v) is 8.35. The van der Waals surface area contributed by atoms with Gasteiger partial charge in [-0.2, -0.15) is 0 Å². The molecule has 1 aromatic rings. The molecule has 0 aliphatic rings. The van der Waals surface area contributed by atoms with Gasteiger partial charge in [-0.1, -0.05) is 19.6 Å². The molecule has 0 unspecified atom stereocenters. The number of rotatable bonds is 4. The number of amidine groups is 1. The van der Waals surface area contributed by atoms with Crippen molar-refractivity contribution in [2.75, 3.05) is 0 Å². The highest BCUT2D eigenvalue weighted by molar-refractivity contribution is 6.15. The lowest BCUT2D eigenvalue weighted by molar-refractivity contribution is 1.14. The molecule has 0 saturated heterocycles. The Balaban J connectivity index is 2.70. The van der Waals surface area contributed by atoms with E-state index in [4.69, 9.17) is 5.73 Å². The predicted octanol–water partition coefficient (Wildman–Crippen LogP) is 2.24. The summed E-state index contributed by atoms with van der Waals surface area (Å²) in [5.74, 6) is 0.436. The van der Waals surface area contributed by atoms with Crippen LogP contribution >= 0.6 is 0 Å². The molecule has 1 aromatic heterocycles. The van der Waals surface area contributed by atoms with E-state index < -0.39 is 0 Å².